The maximum absolute atomic E-state index is 12.1. The monoisotopic (exact) mass is 333 g/mol. The first-order valence-corrected chi connectivity index (χ1v) is 6.98. The zero-order chi connectivity index (χ0) is 17.9. The first-order chi connectivity index (χ1) is 11.3. The highest BCUT2D eigenvalue weighted by Gasteiger charge is 2.24. The van der Waals surface area contributed by atoms with Crippen LogP contribution < -0.4 is 5.32 Å². The van der Waals surface area contributed by atoms with Gasteiger partial charge in [0.25, 0.3) is 11.6 Å². The summed E-state index contributed by atoms with van der Waals surface area (Å²) in [6.07, 6.45) is -1.07. The van der Waals surface area contributed by atoms with Crippen LogP contribution in [-0.2, 0) is 9.53 Å². The summed E-state index contributed by atoms with van der Waals surface area (Å²) < 4.78 is 9.97. The molecule has 9 nitrogen and oxygen atoms in total. The summed E-state index contributed by atoms with van der Waals surface area (Å²) in [4.78, 5) is 34.1. The second kappa shape index (κ2) is 6.90. The summed E-state index contributed by atoms with van der Waals surface area (Å²) in [6, 6.07) is 5.30. The third kappa shape index (κ3) is 3.75. The van der Waals surface area contributed by atoms with Crippen LogP contribution in [0.15, 0.2) is 28.8 Å². The van der Waals surface area contributed by atoms with E-state index in [1.165, 1.54) is 31.2 Å². The van der Waals surface area contributed by atoms with Crippen LogP contribution in [0.1, 0.15) is 28.7 Å². The van der Waals surface area contributed by atoms with Crippen LogP contribution in [-0.4, -0.2) is 28.1 Å². The number of non-ortho nitro benzene ring substituents is 1. The van der Waals surface area contributed by atoms with Gasteiger partial charge in [0.2, 0.25) is 0 Å². The number of benzene rings is 1. The molecule has 126 valence electrons. The number of nitro benzene ring substituents is 1. The Labute approximate surface area is 136 Å². The van der Waals surface area contributed by atoms with Crippen molar-refractivity contribution >= 4 is 23.3 Å². The normalized spacial score (nSPS) is 11.6. The van der Waals surface area contributed by atoms with Crippen molar-refractivity contribution in [1.29, 1.82) is 0 Å². The Bertz CT molecular complexity index is 762. The van der Waals surface area contributed by atoms with Crippen LogP contribution in [0.4, 0.5) is 11.4 Å². The number of anilines is 1. The van der Waals surface area contributed by atoms with Gasteiger partial charge in [-0.3, -0.25) is 14.9 Å². The van der Waals surface area contributed by atoms with Gasteiger partial charge in [0.1, 0.15) is 11.3 Å². The highest BCUT2D eigenvalue weighted by atomic mass is 16.6. The van der Waals surface area contributed by atoms with E-state index < -0.39 is 22.9 Å². The Hall–Kier alpha value is -3.23. The van der Waals surface area contributed by atoms with Gasteiger partial charge in [0.15, 0.2) is 6.10 Å². The lowest BCUT2D eigenvalue weighted by Crippen LogP contribution is -2.30. The maximum atomic E-state index is 12.1. The van der Waals surface area contributed by atoms with Crippen LogP contribution in [0.2, 0.25) is 0 Å². The molecule has 9 heteroatoms. The lowest BCUT2D eigenvalue weighted by atomic mass is 10.2. The number of rotatable bonds is 5. The maximum Gasteiger partial charge on any atom is 0.344 e. The van der Waals surface area contributed by atoms with E-state index >= 15 is 0 Å². The highest BCUT2D eigenvalue weighted by molar-refractivity contribution is 5.98. The van der Waals surface area contributed by atoms with Crippen molar-refractivity contribution in [3.8, 4) is 0 Å². The molecule has 2 aromatic rings. The lowest BCUT2D eigenvalue weighted by Gasteiger charge is -2.13. The Morgan fingerprint density at radius 2 is 1.92 bits per heavy atom. The topological polar surface area (TPSA) is 125 Å². The van der Waals surface area contributed by atoms with Gasteiger partial charge in [-0.15, -0.1) is 0 Å². The second-order valence-corrected chi connectivity index (χ2v) is 5.04. The molecule has 0 fully saturated rings. The van der Waals surface area contributed by atoms with Gasteiger partial charge in [-0.2, -0.15) is 0 Å². The zero-order valence-corrected chi connectivity index (χ0v) is 13.2. The SMILES string of the molecule is Cc1noc(C)c1C(=O)O[C@H](C)C(=O)Nc1ccc([N+](=O)[O-])cc1. The molecule has 0 bridgehead atoms. The Morgan fingerprint density at radius 1 is 1.29 bits per heavy atom. The van der Waals surface area contributed by atoms with Crippen molar-refractivity contribution < 1.29 is 23.8 Å². The molecule has 2 rings (SSSR count). The van der Waals surface area contributed by atoms with Crippen molar-refractivity contribution in [2.45, 2.75) is 26.9 Å². The van der Waals surface area contributed by atoms with Crippen molar-refractivity contribution in [1.82, 2.24) is 5.16 Å². The van der Waals surface area contributed by atoms with Crippen molar-refractivity contribution in [3.05, 3.63) is 51.4 Å². The lowest BCUT2D eigenvalue weighted by molar-refractivity contribution is -0.384. The number of carbonyl (C=O) groups excluding carboxylic acids is 2. The Kier molecular flexibility index (Phi) is 4.93. The molecule has 0 aliphatic carbocycles. The van der Waals surface area contributed by atoms with Gasteiger partial charge in [-0.25, -0.2) is 4.79 Å². The smallest absolute Gasteiger partial charge is 0.344 e. The van der Waals surface area contributed by atoms with E-state index in [4.69, 9.17) is 9.26 Å². The molecule has 0 aliphatic heterocycles. The molecule has 1 N–H and O–H groups in total. The number of aromatic nitrogens is 1. The van der Waals surface area contributed by atoms with Gasteiger partial charge < -0.3 is 14.6 Å². The van der Waals surface area contributed by atoms with E-state index in [1.807, 2.05) is 0 Å². The van der Waals surface area contributed by atoms with E-state index in [0.29, 0.717) is 17.1 Å². The predicted octanol–water partition coefficient (Wildman–Crippen LogP) is 2.38. The molecule has 1 heterocycles. The highest BCUT2D eigenvalue weighted by Crippen LogP contribution is 2.17. The fourth-order valence-corrected chi connectivity index (χ4v) is 1.96. The number of hydrogen-bond acceptors (Lipinski definition) is 7. The minimum absolute atomic E-state index is 0.0918. The van der Waals surface area contributed by atoms with Crippen molar-refractivity contribution in [3.63, 3.8) is 0 Å². The molecule has 1 aromatic heterocycles. The van der Waals surface area contributed by atoms with Crippen LogP contribution >= 0.6 is 0 Å². The average Bonchev–Trinajstić information content (AvgIpc) is 2.86. The van der Waals surface area contributed by atoms with E-state index in [1.54, 1.807) is 13.8 Å². The zero-order valence-electron chi connectivity index (χ0n) is 13.2. The summed E-state index contributed by atoms with van der Waals surface area (Å²) >= 11 is 0. The van der Waals surface area contributed by atoms with E-state index in [-0.39, 0.29) is 11.3 Å². The number of nitrogens with one attached hydrogen (secondary N) is 1. The number of hydrogen-bond donors (Lipinski definition) is 1. The third-order valence-electron chi connectivity index (χ3n) is 3.24. The molecule has 1 atom stereocenters. The number of nitro groups is 1. The van der Waals surface area contributed by atoms with Crippen molar-refractivity contribution in [2.75, 3.05) is 5.32 Å². The molecule has 0 saturated heterocycles. The first kappa shape index (κ1) is 17.1. The number of aryl methyl sites for hydroxylation is 2. The van der Waals surface area contributed by atoms with Crippen LogP contribution in [0.25, 0.3) is 0 Å². The second-order valence-electron chi connectivity index (χ2n) is 5.04. The molecule has 24 heavy (non-hydrogen) atoms. The molecule has 0 saturated carbocycles. The predicted molar refractivity (Wildman–Crippen MR) is 82.6 cm³/mol. The van der Waals surface area contributed by atoms with E-state index in [9.17, 15) is 19.7 Å². The van der Waals surface area contributed by atoms with Crippen molar-refractivity contribution in [2.24, 2.45) is 0 Å². The third-order valence-corrected chi connectivity index (χ3v) is 3.24. The number of carbonyl (C=O) groups is 2. The van der Waals surface area contributed by atoms with Crippen LogP contribution in [0.5, 0.6) is 0 Å². The summed E-state index contributed by atoms with van der Waals surface area (Å²) in [5.74, 6) is -0.970. The molecule has 1 amide bonds. The largest absolute Gasteiger partial charge is 0.449 e. The van der Waals surface area contributed by atoms with Gasteiger partial charge in [0.05, 0.1) is 10.6 Å². The van der Waals surface area contributed by atoms with Crippen LogP contribution in [0.3, 0.4) is 0 Å². The van der Waals surface area contributed by atoms with Gasteiger partial charge in [-0.1, -0.05) is 5.16 Å². The Balaban J connectivity index is 1.99. The molecule has 1 aromatic carbocycles. The number of esters is 1. The average molecular weight is 333 g/mol. The summed E-state index contributed by atoms with van der Waals surface area (Å²) in [5, 5.41) is 16.7. The number of nitrogens with zero attached hydrogens (tertiary/aromatic N) is 2. The van der Waals surface area contributed by atoms with E-state index in [0.717, 1.165) is 0 Å². The first-order valence-electron chi connectivity index (χ1n) is 6.98. The number of ether oxygens (including phenoxy) is 1. The summed E-state index contributed by atoms with van der Waals surface area (Å²) in [6.45, 7) is 4.57. The molecular weight excluding hydrogens is 318 g/mol. The summed E-state index contributed by atoms with van der Waals surface area (Å²) in [5.41, 5.74) is 0.821. The molecule has 0 radical (unpaired) electrons. The van der Waals surface area contributed by atoms with Gasteiger partial charge in [-0.05, 0) is 32.9 Å². The minimum atomic E-state index is -1.07. The van der Waals surface area contributed by atoms with E-state index in [2.05, 4.69) is 10.5 Å². The fourth-order valence-electron chi connectivity index (χ4n) is 1.96. The van der Waals surface area contributed by atoms with Gasteiger partial charge in [0, 0.05) is 17.8 Å². The summed E-state index contributed by atoms with van der Waals surface area (Å²) in [7, 11) is 0. The quantitative estimate of drug-likeness (QED) is 0.506. The molecular formula is C15H15N3O6. The fraction of sp³-hybridized carbons (Fsp3) is 0.267. The Morgan fingerprint density at radius 3 is 2.42 bits per heavy atom. The molecule has 0 aliphatic rings. The van der Waals surface area contributed by atoms with Gasteiger partial charge >= 0.3 is 5.97 Å². The van der Waals surface area contributed by atoms with Crippen LogP contribution in [0, 0.1) is 24.0 Å². The molecule has 0 unspecified atom stereocenters. The standard InChI is InChI=1S/C15H15N3O6/c1-8-13(9(2)24-17-8)15(20)23-10(3)14(19)16-11-4-6-12(7-5-11)18(21)22/h4-7,10H,1-3H3,(H,16,19)/t10-/m1/s1. The molecule has 0 spiro atoms. The minimum Gasteiger partial charge on any atom is -0.449 e. The number of amides is 1.